The van der Waals surface area contributed by atoms with Crippen LogP contribution in [-0.4, -0.2) is 50.1 Å². The molecule has 1 aliphatic rings. The van der Waals surface area contributed by atoms with E-state index in [0.717, 1.165) is 5.56 Å². The summed E-state index contributed by atoms with van der Waals surface area (Å²) in [7, 11) is 6.13. The van der Waals surface area contributed by atoms with E-state index >= 15 is 0 Å². The molecule has 1 unspecified atom stereocenters. The Morgan fingerprint density at radius 3 is 2.19 bits per heavy atom. The number of aryl methyl sites for hydroxylation is 1. The molecule has 0 saturated carbocycles. The van der Waals surface area contributed by atoms with E-state index in [0.29, 0.717) is 39.7 Å². The first-order chi connectivity index (χ1) is 17.8. The largest absolute Gasteiger partial charge is 0.507 e. The predicted molar refractivity (Wildman–Crippen MR) is 138 cm³/mol. The minimum atomic E-state index is -0.883. The van der Waals surface area contributed by atoms with Crippen molar-refractivity contribution < 1.29 is 33.6 Å². The molecule has 8 nitrogen and oxygen atoms in total. The first kappa shape index (κ1) is 25.6. The summed E-state index contributed by atoms with van der Waals surface area (Å²) in [5, 5.41) is 11.5. The normalized spacial score (nSPS) is 16.6. The minimum Gasteiger partial charge on any atom is -0.507 e. The maximum Gasteiger partial charge on any atom is 0.295 e. The second kappa shape index (κ2) is 10.7. The maximum atomic E-state index is 13.4. The monoisotopic (exact) mass is 503 g/mol. The summed E-state index contributed by atoms with van der Waals surface area (Å²) in [5.41, 5.74) is 2.42. The molecule has 0 aliphatic carbocycles. The van der Waals surface area contributed by atoms with Gasteiger partial charge in [0, 0.05) is 11.1 Å². The highest BCUT2D eigenvalue weighted by Crippen LogP contribution is 2.43. The number of aliphatic hydroxyl groups is 1. The van der Waals surface area contributed by atoms with Gasteiger partial charge in [-0.15, -0.1) is 0 Å². The van der Waals surface area contributed by atoms with Crippen LogP contribution in [0, 0.1) is 6.92 Å². The van der Waals surface area contributed by atoms with Crippen molar-refractivity contribution in [2.45, 2.75) is 19.5 Å². The van der Waals surface area contributed by atoms with Crippen molar-refractivity contribution in [1.82, 2.24) is 4.90 Å². The van der Waals surface area contributed by atoms with Crippen LogP contribution in [0.15, 0.2) is 66.2 Å². The number of carbonyl (C=O) groups excluding carboxylic acids is 2. The fourth-order valence-corrected chi connectivity index (χ4v) is 4.60. The number of Topliss-reactive ketones (excluding diaryl/α,β-unsaturated/α-hetero) is 1. The third-order valence-corrected chi connectivity index (χ3v) is 6.49. The van der Waals surface area contributed by atoms with Gasteiger partial charge in [-0.1, -0.05) is 24.3 Å². The van der Waals surface area contributed by atoms with Crippen LogP contribution in [0.25, 0.3) is 5.76 Å². The van der Waals surface area contributed by atoms with Gasteiger partial charge in [-0.05, 0) is 54.4 Å². The van der Waals surface area contributed by atoms with Crippen molar-refractivity contribution in [2.75, 3.05) is 28.4 Å². The van der Waals surface area contributed by atoms with E-state index < -0.39 is 17.7 Å². The van der Waals surface area contributed by atoms with Gasteiger partial charge in [-0.25, -0.2) is 0 Å². The number of hydrogen-bond donors (Lipinski definition) is 1. The van der Waals surface area contributed by atoms with Crippen molar-refractivity contribution in [2.24, 2.45) is 0 Å². The molecular formula is C29H29NO7. The molecule has 1 atom stereocenters. The molecule has 3 aromatic rings. The molecule has 0 radical (unpaired) electrons. The highest BCUT2D eigenvalue weighted by molar-refractivity contribution is 6.46. The number of ketones is 1. The zero-order chi connectivity index (χ0) is 26.7. The van der Waals surface area contributed by atoms with E-state index in [1.807, 2.05) is 18.2 Å². The molecular weight excluding hydrogens is 474 g/mol. The Balaban J connectivity index is 1.92. The average Bonchev–Trinajstić information content (AvgIpc) is 3.17. The SMILES string of the molecule is COc1ccc(/C(O)=C2\C(=O)C(=O)N(Cc3ccccc3OC)C2c2ccc(OC)c(OC)c2)c(C)c1. The van der Waals surface area contributed by atoms with Crippen molar-refractivity contribution >= 4 is 17.4 Å². The molecule has 0 aromatic heterocycles. The van der Waals surface area contributed by atoms with Crippen molar-refractivity contribution in [1.29, 1.82) is 0 Å². The predicted octanol–water partition coefficient (Wildman–Crippen LogP) is 4.65. The summed E-state index contributed by atoms with van der Waals surface area (Å²) in [5.74, 6) is 0.368. The topological polar surface area (TPSA) is 94.5 Å². The molecule has 37 heavy (non-hydrogen) atoms. The zero-order valence-corrected chi connectivity index (χ0v) is 21.4. The molecule has 0 spiro atoms. The second-order valence-electron chi connectivity index (χ2n) is 8.53. The van der Waals surface area contributed by atoms with Crippen LogP contribution in [0.4, 0.5) is 0 Å². The van der Waals surface area contributed by atoms with E-state index in [4.69, 9.17) is 18.9 Å². The number of amides is 1. The van der Waals surface area contributed by atoms with Crippen LogP contribution in [0.3, 0.4) is 0 Å². The molecule has 8 heteroatoms. The summed E-state index contributed by atoms with van der Waals surface area (Å²) in [6.07, 6.45) is 0. The van der Waals surface area contributed by atoms with E-state index in [9.17, 15) is 14.7 Å². The van der Waals surface area contributed by atoms with Gasteiger partial charge in [-0.3, -0.25) is 9.59 Å². The number of aliphatic hydroxyl groups excluding tert-OH is 1. The van der Waals surface area contributed by atoms with Crippen LogP contribution in [0.1, 0.15) is 28.3 Å². The number of ether oxygens (including phenoxy) is 4. The number of nitrogens with zero attached hydrogens (tertiary/aromatic N) is 1. The van der Waals surface area contributed by atoms with Crippen LogP contribution in [0.5, 0.6) is 23.0 Å². The summed E-state index contributed by atoms with van der Waals surface area (Å²) >= 11 is 0. The second-order valence-corrected chi connectivity index (χ2v) is 8.53. The van der Waals surface area contributed by atoms with Gasteiger partial charge in [0.05, 0.1) is 46.6 Å². The molecule has 4 rings (SSSR count). The Labute approximate surface area is 215 Å². The molecule has 3 aromatic carbocycles. The van der Waals surface area contributed by atoms with Gasteiger partial charge in [0.1, 0.15) is 17.3 Å². The number of likely N-dealkylation sites (tertiary alicyclic amines) is 1. The standard InChI is InChI=1S/C29H29NO7/c1-17-14-20(34-2)11-12-21(17)27(31)25-26(18-10-13-23(36-4)24(15-18)37-5)30(29(33)28(25)32)16-19-8-6-7-9-22(19)35-3/h6-15,26,31H,16H2,1-5H3/b27-25+. The van der Waals surface area contributed by atoms with Crippen LogP contribution in [0.2, 0.25) is 0 Å². The van der Waals surface area contributed by atoms with Gasteiger partial charge in [0.2, 0.25) is 0 Å². The number of hydrogen-bond acceptors (Lipinski definition) is 7. The van der Waals surface area contributed by atoms with Crippen LogP contribution in [-0.2, 0) is 16.1 Å². The molecule has 1 heterocycles. The number of carbonyl (C=O) groups is 2. The molecule has 1 fully saturated rings. The van der Waals surface area contributed by atoms with Gasteiger partial charge >= 0.3 is 0 Å². The third-order valence-electron chi connectivity index (χ3n) is 6.49. The quantitative estimate of drug-likeness (QED) is 0.272. The Morgan fingerprint density at radius 2 is 1.54 bits per heavy atom. The lowest BCUT2D eigenvalue weighted by Gasteiger charge is -2.26. The molecule has 1 aliphatic heterocycles. The van der Waals surface area contributed by atoms with Crippen molar-refractivity contribution in [3.8, 4) is 23.0 Å². The minimum absolute atomic E-state index is 0.0135. The molecule has 1 N–H and O–H groups in total. The van der Waals surface area contributed by atoms with Gasteiger partial charge in [0.25, 0.3) is 11.7 Å². The Morgan fingerprint density at radius 1 is 0.838 bits per heavy atom. The number of para-hydroxylation sites is 1. The lowest BCUT2D eigenvalue weighted by Crippen LogP contribution is -2.29. The summed E-state index contributed by atoms with van der Waals surface area (Å²) in [4.78, 5) is 28.3. The molecule has 0 bridgehead atoms. The van der Waals surface area contributed by atoms with E-state index in [2.05, 4.69) is 0 Å². The molecule has 1 amide bonds. The van der Waals surface area contributed by atoms with E-state index in [1.54, 1.807) is 63.6 Å². The highest BCUT2D eigenvalue weighted by Gasteiger charge is 2.46. The number of rotatable bonds is 8. The Kier molecular flexibility index (Phi) is 7.38. The van der Waals surface area contributed by atoms with Crippen molar-refractivity contribution in [3.63, 3.8) is 0 Å². The molecule has 192 valence electrons. The number of benzene rings is 3. The lowest BCUT2D eigenvalue weighted by molar-refractivity contribution is -0.140. The zero-order valence-electron chi connectivity index (χ0n) is 21.4. The molecule has 1 saturated heterocycles. The summed E-state index contributed by atoms with van der Waals surface area (Å²) in [6.45, 7) is 1.89. The number of methoxy groups -OCH3 is 4. The van der Waals surface area contributed by atoms with E-state index in [-0.39, 0.29) is 17.9 Å². The maximum absolute atomic E-state index is 13.4. The fourth-order valence-electron chi connectivity index (χ4n) is 4.60. The first-order valence-electron chi connectivity index (χ1n) is 11.6. The average molecular weight is 504 g/mol. The van der Waals surface area contributed by atoms with Gasteiger partial charge in [0.15, 0.2) is 11.5 Å². The Bertz CT molecular complexity index is 1380. The summed E-state index contributed by atoms with van der Waals surface area (Å²) < 4.78 is 21.6. The van der Waals surface area contributed by atoms with Crippen LogP contribution >= 0.6 is 0 Å². The summed E-state index contributed by atoms with van der Waals surface area (Å²) in [6, 6.07) is 16.7. The van der Waals surface area contributed by atoms with E-state index in [1.165, 1.54) is 19.1 Å². The van der Waals surface area contributed by atoms with Crippen LogP contribution < -0.4 is 18.9 Å². The van der Waals surface area contributed by atoms with Crippen molar-refractivity contribution in [3.05, 3.63) is 88.5 Å². The Hall–Kier alpha value is -4.46. The lowest BCUT2D eigenvalue weighted by atomic mass is 9.93. The highest BCUT2D eigenvalue weighted by atomic mass is 16.5. The first-order valence-corrected chi connectivity index (χ1v) is 11.6. The fraction of sp³-hybridized carbons (Fsp3) is 0.241. The van der Waals surface area contributed by atoms with Gasteiger partial charge in [-0.2, -0.15) is 0 Å². The smallest absolute Gasteiger partial charge is 0.295 e. The van der Waals surface area contributed by atoms with Gasteiger partial charge < -0.3 is 29.0 Å². The third kappa shape index (κ3) is 4.70.